The molecule has 5 heteroatoms. The van der Waals surface area contributed by atoms with Gasteiger partial charge in [-0.15, -0.1) is 0 Å². The van der Waals surface area contributed by atoms with E-state index in [1.54, 1.807) is 0 Å². The molecular weight excluding hydrogens is 144 g/mol. The smallest absolute Gasteiger partial charge is 0.126 e. The predicted molar refractivity (Wildman–Crippen MR) is 47.7 cm³/mol. The molecule has 0 saturated heterocycles. The lowest BCUT2D eigenvalue weighted by molar-refractivity contribution is -0.114. The molecule has 0 heterocycles. The highest BCUT2D eigenvalue weighted by Crippen LogP contribution is 1.59. The summed E-state index contributed by atoms with van der Waals surface area (Å²) in [6.07, 6.45) is 0. The predicted octanol–water partition coefficient (Wildman–Crippen LogP) is -0.245. The summed E-state index contributed by atoms with van der Waals surface area (Å²) in [5.74, 6) is 12.9. The topological polar surface area (TPSA) is 107 Å². The van der Waals surface area contributed by atoms with Gasteiger partial charge in [-0.05, 0) is 27.7 Å². The second-order valence-electron chi connectivity index (χ2n) is 1.98. The van der Waals surface area contributed by atoms with Gasteiger partial charge in [0.25, 0.3) is 0 Å². The van der Waals surface area contributed by atoms with Crippen molar-refractivity contribution in [2.24, 2.45) is 22.6 Å². The van der Waals surface area contributed by atoms with E-state index >= 15 is 0 Å². The first-order chi connectivity index (χ1) is 5.00. The van der Waals surface area contributed by atoms with Gasteiger partial charge in [0.05, 0.1) is 0 Å². The van der Waals surface area contributed by atoms with E-state index in [-0.39, 0.29) is 5.78 Å². The second-order valence-corrected chi connectivity index (χ2v) is 1.98. The molecule has 0 aromatic carbocycles. The summed E-state index contributed by atoms with van der Waals surface area (Å²) in [6.45, 7) is 6.75. The lowest BCUT2D eigenvalue weighted by atomic mass is 10.5. The minimum atomic E-state index is 0.167. The van der Waals surface area contributed by atoms with Crippen LogP contribution in [0.2, 0.25) is 0 Å². The highest BCUT2D eigenvalue weighted by molar-refractivity contribution is 5.78. The monoisotopic (exact) mass is 162 g/mol. The number of ketones is 1. The average molecular weight is 162 g/mol. The number of carbonyl (C=O) groups excluding carboxylic acids is 1. The van der Waals surface area contributed by atoms with Crippen LogP contribution in [0.3, 0.4) is 0 Å². The van der Waals surface area contributed by atoms with Gasteiger partial charge < -0.3 is 10.6 Å². The number of hydrogen-bond acceptors (Lipinski definition) is 5. The van der Waals surface area contributed by atoms with Crippen molar-refractivity contribution in [2.75, 3.05) is 0 Å². The van der Waals surface area contributed by atoms with Crippen molar-refractivity contribution in [2.45, 2.75) is 27.7 Å². The van der Waals surface area contributed by atoms with Crippen LogP contribution in [0.5, 0.6) is 0 Å². The highest BCUT2D eigenvalue weighted by Gasteiger charge is 1.63. The minimum absolute atomic E-state index is 0.167. The Morgan fingerprint density at radius 3 is 1.18 bits per heavy atom. The van der Waals surface area contributed by atoms with Gasteiger partial charge in [-0.2, -0.15) is 5.10 Å². The van der Waals surface area contributed by atoms with Gasteiger partial charge in [0.1, 0.15) is 5.78 Å². The first kappa shape index (κ1) is 16.6. The second kappa shape index (κ2) is 16.0. The van der Waals surface area contributed by atoms with Crippen molar-refractivity contribution in [1.29, 1.82) is 0 Å². The van der Waals surface area contributed by atoms with Crippen molar-refractivity contribution in [3.05, 3.63) is 0 Å². The molecule has 0 unspecified atom stereocenters. The molecule has 0 aliphatic heterocycles. The Hall–Kier alpha value is -0.940. The zero-order chi connectivity index (χ0) is 9.86. The van der Waals surface area contributed by atoms with Crippen LogP contribution in [-0.4, -0.2) is 11.5 Å². The van der Waals surface area contributed by atoms with E-state index in [1.807, 2.05) is 13.8 Å². The molecule has 68 valence electrons. The summed E-state index contributed by atoms with van der Waals surface area (Å²) >= 11 is 0. The van der Waals surface area contributed by atoms with Gasteiger partial charge in [0.15, 0.2) is 0 Å². The quantitative estimate of drug-likeness (QED) is 0.259. The Morgan fingerprint density at radius 2 is 1.18 bits per heavy atom. The molecule has 5 nitrogen and oxygen atoms in total. The molecule has 0 atom stereocenters. The molecule has 0 spiro atoms. The van der Waals surface area contributed by atoms with Gasteiger partial charge in [-0.3, -0.25) is 11.7 Å². The molecule has 0 aliphatic rings. The van der Waals surface area contributed by atoms with Crippen LogP contribution in [0.15, 0.2) is 5.10 Å². The number of hydrazone groups is 1. The SMILES string of the molecule is CC(C)=NN.CC(C)=O.NN. The van der Waals surface area contributed by atoms with Crippen molar-refractivity contribution < 1.29 is 4.79 Å². The number of rotatable bonds is 0. The summed E-state index contributed by atoms with van der Waals surface area (Å²) in [4.78, 5) is 9.44. The van der Waals surface area contributed by atoms with E-state index in [0.717, 1.165) is 5.71 Å². The maximum absolute atomic E-state index is 9.44. The highest BCUT2D eigenvalue weighted by atomic mass is 16.1. The fourth-order valence-electron chi connectivity index (χ4n) is 0. The Balaban J connectivity index is -0.0000000965. The largest absolute Gasteiger partial charge is 0.323 e. The molecule has 0 saturated carbocycles. The van der Waals surface area contributed by atoms with Crippen LogP contribution in [-0.2, 0) is 4.79 Å². The van der Waals surface area contributed by atoms with E-state index in [0.29, 0.717) is 0 Å². The van der Waals surface area contributed by atoms with E-state index in [2.05, 4.69) is 16.8 Å². The molecule has 0 fully saturated rings. The summed E-state index contributed by atoms with van der Waals surface area (Å²) < 4.78 is 0. The number of carbonyl (C=O) groups is 1. The number of hydrogen-bond donors (Lipinski definition) is 3. The third kappa shape index (κ3) is 402. The maximum Gasteiger partial charge on any atom is 0.126 e. The van der Waals surface area contributed by atoms with Crippen LogP contribution >= 0.6 is 0 Å². The number of nitrogens with two attached hydrogens (primary N) is 3. The first-order valence-electron chi connectivity index (χ1n) is 3.02. The normalized spacial score (nSPS) is 6.00. The Kier molecular flexibility index (Phi) is 24.1. The first-order valence-corrected chi connectivity index (χ1v) is 3.02. The van der Waals surface area contributed by atoms with Gasteiger partial charge >= 0.3 is 0 Å². The lowest BCUT2D eigenvalue weighted by Gasteiger charge is -1.74. The fourth-order valence-corrected chi connectivity index (χ4v) is 0. The van der Waals surface area contributed by atoms with E-state index < -0.39 is 0 Å². The minimum Gasteiger partial charge on any atom is -0.323 e. The van der Waals surface area contributed by atoms with Crippen molar-refractivity contribution in [1.82, 2.24) is 0 Å². The summed E-state index contributed by atoms with van der Waals surface area (Å²) in [7, 11) is 0. The molecule has 0 rings (SSSR count). The molecule has 6 N–H and O–H groups in total. The summed E-state index contributed by atoms with van der Waals surface area (Å²) in [6, 6.07) is 0. The number of Topliss-reactive ketones (excluding diaryl/α,β-unsaturated/α-hetero) is 1. The van der Waals surface area contributed by atoms with E-state index in [9.17, 15) is 4.79 Å². The fraction of sp³-hybridized carbons (Fsp3) is 0.667. The molecule has 11 heavy (non-hydrogen) atoms. The van der Waals surface area contributed by atoms with Crippen LogP contribution in [0, 0.1) is 0 Å². The van der Waals surface area contributed by atoms with Crippen molar-refractivity contribution >= 4 is 11.5 Å². The number of hydrazine groups is 1. The molecule has 0 aromatic heterocycles. The standard InChI is InChI=1S/C3H8N2.C3H6O.H4N2/c1-3(2)5-4;1-3(2)4;1-2/h4H2,1-2H3;1-2H3;1-2H2. The third-order valence-corrected chi connectivity index (χ3v) is 0.258. The molecule has 0 amide bonds. The van der Waals surface area contributed by atoms with Gasteiger partial charge in [-0.1, -0.05) is 0 Å². The van der Waals surface area contributed by atoms with E-state index in [4.69, 9.17) is 5.84 Å². The van der Waals surface area contributed by atoms with Gasteiger partial charge in [0.2, 0.25) is 0 Å². The maximum atomic E-state index is 9.44. The van der Waals surface area contributed by atoms with Crippen LogP contribution in [0.25, 0.3) is 0 Å². The molecule has 0 radical (unpaired) electrons. The van der Waals surface area contributed by atoms with Crippen LogP contribution < -0.4 is 17.5 Å². The van der Waals surface area contributed by atoms with Crippen LogP contribution in [0.4, 0.5) is 0 Å². The van der Waals surface area contributed by atoms with E-state index in [1.165, 1.54) is 13.8 Å². The Bertz CT molecular complexity index is 103. The van der Waals surface area contributed by atoms with Crippen LogP contribution in [0.1, 0.15) is 27.7 Å². The molecule has 0 aromatic rings. The lowest BCUT2D eigenvalue weighted by Crippen LogP contribution is -2.02. The zero-order valence-corrected chi connectivity index (χ0v) is 7.59. The summed E-state index contributed by atoms with van der Waals surface area (Å²) in [5.41, 5.74) is 0.907. The number of nitrogens with zero attached hydrogens (tertiary/aromatic N) is 1. The Morgan fingerprint density at radius 1 is 1.09 bits per heavy atom. The van der Waals surface area contributed by atoms with Gasteiger partial charge in [-0.25, -0.2) is 0 Å². The van der Waals surface area contributed by atoms with Crippen molar-refractivity contribution in [3.63, 3.8) is 0 Å². The summed E-state index contributed by atoms with van der Waals surface area (Å²) in [5, 5.41) is 3.31. The zero-order valence-electron chi connectivity index (χ0n) is 7.59. The molecule has 0 aliphatic carbocycles. The molecule has 0 bridgehead atoms. The van der Waals surface area contributed by atoms with Gasteiger partial charge in [0, 0.05) is 5.71 Å². The van der Waals surface area contributed by atoms with Crippen molar-refractivity contribution in [3.8, 4) is 0 Å². The molecular formula is C6H18N4O. The Labute approximate surface area is 67.6 Å². The average Bonchev–Trinajstić information content (AvgIpc) is 1.91. The third-order valence-electron chi connectivity index (χ3n) is 0.258.